The molecule has 3 aromatic carbocycles. The van der Waals surface area contributed by atoms with Gasteiger partial charge in [-0.15, -0.1) is 11.8 Å². The number of aromatic nitrogens is 1. The first kappa shape index (κ1) is 22.0. The molecule has 0 amide bonds. The Bertz CT molecular complexity index is 1470. The number of hydrogen-bond acceptors (Lipinski definition) is 5. The summed E-state index contributed by atoms with van der Waals surface area (Å²) in [7, 11) is 0. The number of H-pyrrole nitrogens is 1. The average molecular weight is 472 g/mol. The molecule has 0 unspecified atom stereocenters. The number of esters is 1. The highest BCUT2D eigenvalue weighted by Gasteiger charge is 2.14. The van der Waals surface area contributed by atoms with Crippen molar-refractivity contribution in [2.75, 3.05) is 5.75 Å². The molecule has 7 heteroatoms. The first-order chi connectivity index (χ1) is 16.5. The Morgan fingerprint density at radius 3 is 2.53 bits per heavy atom. The minimum absolute atomic E-state index is 0.178. The first-order valence-electron chi connectivity index (χ1n) is 10.9. The van der Waals surface area contributed by atoms with Gasteiger partial charge in [0.25, 0.3) is 0 Å². The zero-order valence-corrected chi connectivity index (χ0v) is 19.0. The minimum Gasteiger partial charge on any atom is -0.478 e. The van der Waals surface area contributed by atoms with Crippen LogP contribution < -0.4 is 5.43 Å². The monoisotopic (exact) mass is 471 g/mol. The second-order valence-electron chi connectivity index (χ2n) is 8.20. The van der Waals surface area contributed by atoms with Gasteiger partial charge in [0, 0.05) is 39.7 Å². The highest BCUT2D eigenvalue weighted by Crippen LogP contribution is 2.31. The summed E-state index contributed by atoms with van der Waals surface area (Å²) in [5.41, 5.74) is 4.54. The van der Waals surface area contributed by atoms with E-state index in [-0.39, 0.29) is 17.6 Å². The van der Waals surface area contributed by atoms with Gasteiger partial charge in [-0.1, -0.05) is 24.3 Å². The smallest absolute Gasteiger partial charge is 0.338 e. The molecule has 0 bridgehead atoms. The number of thioether (sulfide) groups is 1. The van der Waals surface area contributed by atoms with E-state index in [2.05, 4.69) is 17.1 Å². The Balaban J connectivity index is 1.34. The van der Waals surface area contributed by atoms with Crippen LogP contribution in [0.15, 0.2) is 76.6 Å². The molecule has 1 aliphatic heterocycles. The third kappa shape index (κ3) is 4.47. The van der Waals surface area contributed by atoms with E-state index in [1.807, 2.05) is 17.8 Å². The summed E-state index contributed by atoms with van der Waals surface area (Å²) < 4.78 is 5.51. The summed E-state index contributed by atoms with van der Waals surface area (Å²) in [5, 5.41) is 9.45. The number of aryl methyl sites for hydroxylation is 1. The lowest BCUT2D eigenvalue weighted by molar-refractivity contribution is 0.0472. The topological polar surface area (TPSA) is 96.5 Å². The average Bonchev–Trinajstić information content (AvgIpc) is 3.32. The van der Waals surface area contributed by atoms with E-state index in [1.54, 1.807) is 36.5 Å². The van der Waals surface area contributed by atoms with Crippen LogP contribution in [0.2, 0.25) is 0 Å². The largest absolute Gasteiger partial charge is 0.478 e. The summed E-state index contributed by atoms with van der Waals surface area (Å²) in [4.78, 5) is 41.2. The Labute approximate surface area is 199 Å². The van der Waals surface area contributed by atoms with Crippen LogP contribution in [0.1, 0.15) is 43.0 Å². The fourth-order valence-electron chi connectivity index (χ4n) is 4.07. The number of fused-ring (bicyclic) bond motifs is 2. The number of pyridine rings is 1. The number of ether oxygens (including phenoxy) is 1. The van der Waals surface area contributed by atoms with Crippen LogP contribution in [0.25, 0.3) is 10.9 Å². The van der Waals surface area contributed by atoms with E-state index in [0.717, 1.165) is 23.3 Å². The number of carbonyl (C=O) groups excluding carboxylic acids is 1. The van der Waals surface area contributed by atoms with Crippen molar-refractivity contribution in [1.82, 2.24) is 4.98 Å². The Morgan fingerprint density at radius 1 is 0.971 bits per heavy atom. The SMILES string of the molecule is O=C(O)c1ccc(Cc2c[nH]c3ccc(C(=O)OCc4ccc5c(c4)CCS5)cc3c2=O)cc1. The molecule has 0 radical (unpaired) electrons. The molecule has 1 aromatic heterocycles. The van der Waals surface area contributed by atoms with Crippen LogP contribution in [-0.2, 0) is 24.2 Å². The lowest BCUT2D eigenvalue weighted by atomic mass is 10.0. The van der Waals surface area contributed by atoms with Crippen molar-refractivity contribution in [2.45, 2.75) is 24.3 Å². The summed E-state index contributed by atoms with van der Waals surface area (Å²) >= 11 is 1.84. The predicted molar refractivity (Wildman–Crippen MR) is 131 cm³/mol. The maximum absolute atomic E-state index is 13.1. The van der Waals surface area contributed by atoms with Gasteiger partial charge in [-0.2, -0.15) is 0 Å². The molecular weight excluding hydrogens is 450 g/mol. The molecule has 170 valence electrons. The van der Waals surface area contributed by atoms with Crippen LogP contribution in [0.5, 0.6) is 0 Å². The van der Waals surface area contributed by atoms with Gasteiger partial charge in [-0.05, 0) is 59.5 Å². The van der Waals surface area contributed by atoms with Gasteiger partial charge in [0.1, 0.15) is 6.61 Å². The van der Waals surface area contributed by atoms with Gasteiger partial charge >= 0.3 is 11.9 Å². The van der Waals surface area contributed by atoms with Gasteiger partial charge in [-0.25, -0.2) is 9.59 Å². The number of benzene rings is 3. The lowest BCUT2D eigenvalue weighted by Crippen LogP contribution is -2.12. The third-order valence-electron chi connectivity index (χ3n) is 5.91. The van der Waals surface area contributed by atoms with Crippen LogP contribution in [-0.4, -0.2) is 27.8 Å². The molecule has 0 saturated carbocycles. The number of aromatic amines is 1. The number of hydrogen-bond donors (Lipinski definition) is 2. The van der Waals surface area contributed by atoms with Crippen molar-refractivity contribution in [1.29, 1.82) is 0 Å². The van der Waals surface area contributed by atoms with Gasteiger partial charge in [-0.3, -0.25) is 4.79 Å². The maximum Gasteiger partial charge on any atom is 0.338 e. The highest BCUT2D eigenvalue weighted by atomic mass is 32.2. The molecule has 1 aliphatic rings. The van der Waals surface area contributed by atoms with E-state index in [0.29, 0.717) is 28.5 Å². The number of carbonyl (C=O) groups is 2. The second kappa shape index (κ2) is 9.19. The number of carboxylic acid groups (broad SMARTS) is 1. The van der Waals surface area contributed by atoms with E-state index in [1.165, 1.54) is 22.6 Å². The molecule has 6 nitrogen and oxygen atoms in total. The van der Waals surface area contributed by atoms with E-state index >= 15 is 0 Å². The van der Waals surface area contributed by atoms with Crippen molar-refractivity contribution in [3.8, 4) is 0 Å². The van der Waals surface area contributed by atoms with Crippen LogP contribution >= 0.6 is 11.8 Å². The molecule has 5 rings (SSSR count). The van der Waals surface area contributed by atoms with Crippen molar-refractivity contribution in [3.63, 3.8) is 0 Å². The molecule has 2 N–H and O–H groups in total. The summed E-state index contributed by atoms with van der Waals surface area (Å²) in [6.45, 7) is 0.178. The molecular formula is C27H21NO5S. The number of rotatable bonds is 6. The normalized spacial score (nSPS) is 12.5. The van der Waals surface area contributed by atoms with Crippen molar-refractivity contribution in [2.24, 2.45) is 0 Å². The molecule has 0 spiro atoms. The third-order valence-corrected chi connectivity index (χ3v) is 7.03. The fraction of sp³-hybridized carbons (Fsp3) is 0.148. The van der Waals surface area contributed by atoms with E-state index < -0.39 is 11.9 Å². The predicted octanol–water partition coefficient (Wildman–Crippen LogP) is 4.82. The van der Waals surface area contributed by atoms with Crippen LogP contribution in [0, 0.1) is 0 Å². The molecule has 0 aliphatic carbocycles. The lowest BCUT2D eigenvalue weighted by Gasteiger charge is -2.08. The van der Waals surface area contributed by atoms with Crippen molar-refractivity contribution in [3.05, 3.63) is 110 Å². The molecule has 0 fully saturated rings. The number of aromatic carboxylic acids is 1. The first-order valence-corrected chi connectivity index (χ1v) is 11.8. The van der Waals surface area contributed by atoms with E-state index in [9.17, 15) is 14.4 Å². The summed E-state index contributed by atoms with van der Waals surface area (Å²) in [5.74, 6) is -0.393. The maximum atomic E-state index is 13.1. The fourth-order valence-corrected chi connectivity index (χ4v) is 5.12. The Morgan fingerprint density at radius 2 is 1.74 bits per heavy atom. The molecule has 0 saturated heterocycles. The van der Waals surface area contributed by atoms with Gasteiger partial charge in [0.2, 0.25) is 0 Å². The van der Waals surface area contributed by atoms with E-state index in [4.69, 9.17) is 9.84 Å². The quantitative estimate of drug-likeness (QED) is 0.391. The zero-order chi connectivity index (χ0) is 23.7. The van der Waals surface area contributed by atoms with Gasteiger partial charge < -0.3 is 14.8 Å². The number of nitrogens with one attached hydrogen (secondary N) is 1. The van der Waals surface area contributed by atoms with Crippen LogP contribution in [0.4, 0.5) is 0 Å². The van der Waals surface area contributed by atoms with Gasteiger partial charge in [0.05, 0.1) is 11.1 Å². The summed E-state index contributed by atoms with van der Waals surface area (Å²) in [6, 6.07) is 17.5. The highest BCUT2D eigenvalue weighted by molar-refractivity contribution is 7.99. The standard InChI is InChI=1S/C27H21NO5S/c29-25-21(11-16-1-4-18(5-2-16)26(30)31)14-28-23-7-6-20(13-22(23)25)27(32)33-15-17-3-8-24-19(12-17)9-10-34-24/h1-8,12-14H,9-11,15H2,(H,28,29)(H,30,31). The van der Waals surface area contributed by atoms with Crippen molar-refractivity contribution >= 4 is 34.6 Å². The summed E-state index contributed by atoms with van der Waals surface area (Å²) in [6.07, 6.45) is 3.03. The van der Waals surface area contributed by atoms with Crippen molar-refractivity contribution < 1.29 is 19.4 Å². The molecule has 0 atom stereocenters. The molecule has 34 heavy (non-hydrogen) atoms. The minimum atomic E-state index is -0.996. The molecule has 4 aromatic rings. The zero-order valence-electron chi connectivity index (χ0n) is 18.2. The van der Waals surface area contributed by atoms with Crippen LogP contribution in [0.3, 0.4) is 0 Å². The number of carboxylic acids is 1. The Hall–Kier alpha value is -3.84. The van der Waals surface area contributed by atoms with Gasteiger partial charge in [0.15, 0.2) is 5.43 Å². The Kier molecular flexibility index (Phi) is 5.94. The molecule has 2 heterocycles. The second-order valence-corrected chi connectivity index (χ2v) is 9.34.